The number of hydrogen-bond donors (Lipinski definition) is 0. The van der Waals surface area contributed by atoms with E-state index in [0.717, 1.165) is 15.4 Å². The van der Waals surface area contributed by atoms with Gasteiger partial charge in [-0.3, -0.25) is 4.79 Å². The van der Waals surface area contributed by atoms with Crippen LogP contribution in [0.5, 0.6) is 0 Å². The van der Waals surface area contributed by atoms with Gasteiger partial charge in [0.15, 0.2) is 12.4 Å². The molecule has 0 saturated heterocycles. The molecule has 0 N–H and O–H groups in total. The first-order valence-corrected chi connectivity index (χ1v) is 7.18. The molecule has 1 aromatic heterocycles. The highest BCUT2D eigenvalue weighted by Crippen LogP contribution is 2.12. The molecule has 0 aliphatic rings. The van der Waals surface area contributed by atoms with E-state index in [1.807, 2.05) is 59.4 Å². The number of benzene rings is 2. The summed E-state index contributed by atoms with van der Waals surface area (Å²) >= 11 is 3.37. The van der Waals surface area contributed by atoms with Crippen molar-refractivity contribution in [3.8, 4) is 0 Å². The topological polar surface area (TPSA) is 20.9 Å². The van der Waals surface area contributed by atoms with Crippen molar-refractivity contribution in [2.45, 2.75) is 6.54 Å². The molecule has 0 fully saturated rings. The standard InChI is InChI=1S/C17H13BrNO/c18-16-7-5-14(6-8-16)17(20)12-19-10-9-13-3-1-2-4-15(13)11-19/h1-11H,12H2/q+1. The SMILES string of the molecule is O=C(C[n+]1ccc2ccccc2c1)c1ccc(Br)cc1. The summed E-state index contributed by atoms with van der Waals surface area (Å²) in [6.45, 7) is 0.354. The smallest absolute Gasteiger partial charge is 0.227 e. The van der Waals surface area contributed by atoms with Gasteiger partial charge in [0.2, 0.25) is 12.3 Å². The van der Waals surface area contributed by atoms with Crippen LogP contribution in [-0.4, -0.2) is 5.78 Å². The van der Waals surface area contributed by atoms with Crippen molar-refractivity contribution in [2.24, 2.45) is 0 Å². The first-order chi connectivity index (χ1) is 9.72. The van der Waals surface area contributed by atoms with Crippen LogP contribution in [0.3, 0.4) is 0 Å². The minimum absolute atomic E-state index is 0.109. The molecule has 0 radical (unpaired) electrons. The van der Waals surface area contributed by atoms with Crippen LogP contribution in [0.15, 0.2) is 71.5 Å². The lowest BCUT2D eigenvalue weighted by molar-refractivity contribution is -0.681. The van der Waals surface area contributed by atoms with Crippen LogP contribution in [-0.2, 0) is 6.54 Å². The van der Waals surface area contributed by atoms with Crippen molar-refractivity contribution >= 4 is 32.5 Å². The summed E-state index contributed by atoms with van der Waals surface area (Å²) < 4.78 is 2.90. The molecule has 2 nitrogen and oxygen atoms in total. The minimum atomic E-state index is 0.109. The van der Waals surface area contributed by atoms with Crippen molar-refractivity contribution in [1.29, 1.82) is 0 Å². The number of hydrogen-bond acceptors (Lipinski definition) is 1. The van der Waals surface area contributed by atoms with E-state index < -0.39 is 0 Å². The summed E-state index contributed by atoms with van der Waals surface area (Å²) in [7, 11) is 0. The second kappa shape index (κ2) is 5.55. The van der Waals surface area contributed by atoms with Crippen LogP contribution < -0.4 is 4.57 Å². The number of Topliss-reactive ketones (excluding diaryl/α,β-unsaturated/α-hetero) is 1. The number of pyridine rings is 1. The predicted molar refractivity (Wildman–Crippen MR) is 82.6 cm³/mol. The Morgan fingerprint density at radius 2 is 1.65 bits per heavy atom. The molecular weight excluding hydrogens is 314 g/mol. The number of ketones is 1. The van der Waals surface area contributed by atoms with E-state index in [4.69, 9.17) is 0 Å². The molecule has 0 amide bonds. The van der Waals surface area contributed by atoms with Gasteiger partial charge in [-0.25, -0.2) is 0 Å². The van der Waals surface area contributed by atoms with Crippen LogP contribution in [0.2, 0.25) is 0 Å². The third-order valence-electron chi connectivity index (χ3n) is 3.24. The Morgan fingerprint density at radius 1 is 0.950 bits per heavy atom. The Balaban J connectivity index is 1.85. The van der Waals surface area contributed by atoms with Gasteiger partial charge in [-0.15, -0.1) is 0 Å². The first kappa shape index (κ1) is 13.0. The van der Waals surface area contributed by atoms with Gasteiger partial charge < -0.3 is 0 Å². The molecule has 98 valence electrons. The van der Waals surface area contributed by atoms with Crippen molar-refractivity contribution < 1.29 is 9.36 Å². The zero-order valence-electron chi connectivity index (χ0n) is 10.8. The summed E-state index contributed by atoms with van der Waals surface area (Å²) in [5, 5.41) is 2.32. The lowest BCUT2D eigenvalue weighted by Gasteiger charge is -2.00. The molecule has 20 heavy (non-hydrogen) atoms. The van der Waals surface area contributed by atoms with E-state index in [1.165, 1.54) is 5.39 Å². The summed E-state index contributed by atoms with van der Waals surface area (Å²) in [6.07, 6.45) is 3.95. The van der Waals surface area contributed by atoms with Gasteiger partial charge in [0, 0.05) is 21.5 Å². The van der Waals surface area contributed by atoms with Gasteiger partial charge in [0.25, 0.3) is 0 Å². The highest BCUT2D eigenvalue weighted by Gasteiger charge is 2.12. The molecule has 0 spiro atoms. The average molecular weight is 327 g/mol. The molecule has 3 heteroatoms. The third kappa shape index (κ3) is 2.78. The molecule has 0 aliphatic heterocycles. The summed E-state index contributed by atoms with van der Waals surface area (Å²) in [6, 6.07) is 17.6. The van der Waals surface area contributed by atoms with Crippen molar-refractivity contribution in [2.75, 3.05) is 0 Å². The van der Waals surface area contributed by atoms with Gasteiger partial charge in [-0.2, -0.15) is 4.57 Å². The molecular formula is C17H13BrNO+. The third-order valence-corrected chi connectivity index (χ3v) is 3.77. The first-order valence-electron chi connectivity index (χ1n) is 6.39. The van der Waals surface area contributed by atoms with E-state index >= 15 is 0 Å². The number of aromatic nitrogens is 1. The van der Waals surface area contributed by atoms with Gasteiger partial charge in [-0.05, 0) is 23.6 Å². The van der Waals surface area contributed by atoms with Crippen LogP contribution in [0.1, 0.15) is 10.4 Å². The molecule has 3 aromatic rings. The molecule has 0 aliphatic carbocycles. The van der Waals surface area contributed by atoms with E-state index in [0.29, 0.717) is 6.54 Å². The number of halogens is 1. The maximum Gasteiger partial charge on any atom is 0.227 e. The van der Waals surface area contributed by atoms with Crippen LogP contribution in [0.25, 0.3) is 10.8 Å². The number of nitrogens with zero attached hydrogens (tertiary/aromatic N) is 1. The molecule has 1 heterocycles. The number of rotatable bonds is 3. The summed E-state index contributed by atoms with van der Waals surface area (Å²) in [5.41, 5.74) is 0.730. The van der Waals surface area contributed by atoms with E-state index in [1.54, 1.807) is 0 Å². The quantitative estimate of drug-likeness (QED) is 0.530. The fraction of sp³-hybridized carbons (Fsp3) is 0.0588. The Bertz CT molecular complexity index is 765. The van der Waals surface area contributed by atoms with Gasteiger partial charge in [0.05, 0.1) is 0 Å². The van der Waals surface area contributed by atoms with E-state index in [9.17, 15) is 4.79 Å². The Hall–Kier alpha value is -2.00. The Labute approximate surface area is 125 Å². The Kier molecular flexibility index (Phi) is 3.61. The highest BCUT2D eigenvalue weighted by atomic mass is 79.9. The number of carbonyl (C=O) groups is 1. The van der Waals surface area contributed by atoms with Gasteiger partial charge >= 0.3 is 0 Å². The van der Waals surface area contributed by atoms with Crippen molar-refractivity contribution in [3.05, 3.63) is 77.0 Å². The number of fused-ring (bicyclic) bond motifs is 1. The molecule has 0 bridgehead atoms. The van der Waals surface area contributed by atoms with Gasteiger partial charge in [-0.1, -0.05) is 46.3 Å². The predicted octanol–water partition coefficient (Wildman–Crippen LogP) is 3.77. The van der Waals surface area contributed by atoms with Crippen LogP contribution >= 0.6 is 15.9 Å². The van der Waals surface area contributed by atoms with E-state index in [-0.39, 0.29) is 5.78 Å². The normalized spacial score (nSPS) is 10.7. The maximum atomic E-state index is 12.2. The van der Waals surface area contributed by atoms with Crippen molar-refractivity contribution in [3.63, 3.8) is 0 Å². The average Bonchev–Trinajstić information content (AvgIpc) is 2.48. The van der Waals surface area contributed by atoms with E-state index in [2.05, 4.69) is 28.1 Å². The van der Waals surface area contributed by atoms with Gasteiger partial charge in [0.1, 0.15) is 0 Å². The summed E-state index contributed by atoms with van der Waals surface area (Å²) in [4.78, 5) is 12.2. The monoisotopic (exact) mass is 326 g/mol. The second-order valence-electron chi connectivity index (χ2n) is 4.68. The lowest BCUT2D eigenvalue weighted by atomic mass is 10.1. The van der Waals surface area contributed by atoms with Crippen LogP contribution in [0.4, 0.5) is 0 Å². The number of carbonyl (C=O) groups excluding carboxylic acids is 1. The molecule has 0 saturated carbocycles. The molecule has 3 rings (SSSR count). The fourth-order valence-corrected chi connectivity index (χ4v) is 2.43. The Morgan fingerprint density at radius 3 is 2.40 bits per heavy atom. The maximum absolute atomic E-state index is 12.2. The molecule has 0 unspecified atom stereocenters. The minimum Gasteiger partial charge on any atom is -0.287 e. The largest absolute Gasteiger partial charge is 0.287 e. The zero-order chi connectivity index (χ0) is 13.9. The van der Waals surface area contributed by atoms with Crippen molar-refractivity contribution in [1.82, 2.24) is 0 Å². The molecule has 2 aromatic carbocycles. The molecule has 0 atom stereocenters. The summed E-state index contributed by atoms with van der Waals surface area (Å²) in [5.74, 6) is 0.109. The van der Waals surface area contributed by atoms with Crippen LogP contribution in [0, 0.1) is 0 Å². The lowest BCUT2D eigenvalue weighted by Crippen LogP contribution is -2.37. The highest BCUT2D eigenvalue weighted by molar-refractivity contribution is 9.10. The fourth-order valence-electron chi connectivity index (χ4n) is 2.17. The zero-order valence-corrected chi connectivity index (χ0v) is 12.4. The second-order valence-corrected chi connectivity index (χ2v) is 5.59.